The molecule has 0 fully saturated rings. The quantitative estimate of drug-likeness (QED) is 0.557. The van der Waals surface area contributed by atoms with Crippen LogP contribution in [0.4, 0.5) is 0 Å². The van der Waals surface area contributed by atoms with Crippen molar-refractivity contribution in [1.82, 2.24) is 10.2 Å². The van der Waals surface area contributed by atoms with E-state index in [1.54, 1.807) is 6.92 Å². The number of hydrogen-bond donors (Lipinski definition) is 1. The minimum absolute atomic E-state index is 0.342. The molecule has 4 nitrogen and oxygen atoms in total. The second-order valence-corrected chi connectivity index (χ2v) is 3.02. The van der Waals surface area contributed by atoms with Crippen LogP contribution in [0.1, 0.15) is 16.1 Å². The Morgan fingerprint density at radius 2 is 2.33 bits per heavy atom. The van der Waals surface area contributed by atoms with E-state index in [1.165, 1.54) is 18.9 Å². The lowest BCUT2D eigenvalue weighted by atomic mass is 10.3. The SMILES string of the molecule is COC(=O)c1c(SC)n[nH]c1C. The summed E-state index contributed by atoms with van der Waals surface area (Å²) in [6, 6.07) is 0. The number of nitrogens with zero attached hydrogens (tertiary/aromatic N) is 1. The highest BCUT2D eigenvalue weighted by Gasteiger charge is 2.17. The lowest BCUT2D eigenvalue weighted by Gasteiger charge is -1.97. The fourth-order valence-corrected chi connectivity index (χ4v) is 1.47. The van der Waals surface area contributed by atoms with Crippen LogP contribution in [0, 0.1) is 6.92 Å². The minimum Gasteiger partial charge on any atom is -0.465 e. The summed E-state index contributed by atoms with van der Waals surface area (Å²) >= 11 is 1.42. The minimum atomic E-state index is -0.342. The Bertz CT molecular complexity index is 296. The molecule has 0 spiro atoms. The first-order valence-corrected chi connectivity index (χ1v) is 4.60. The zero-order valence-electron chi connectivity index (χ0n) is 7.17. The van der Waals surface area contributed by atoms with E-state index in [0.29, 0.717) is 10.6 Å². The molecular formula is C7H10N2O2S. The molecule has 1 heterocycles. The number of rotatable bonds is 2. The van der Waals surface area contributed by atoms with Crippen LogP contribution < -0.4 is 0 Å². The van der Waals surface area contributed by atoms with Crippen LogP contribution >= 0.6 is 11.8 Å². The number of methoxy groups -OCH3 is 1. The zero-order valence-corrected chi connectivity index (χ0v) is 7.99. The van der Waals surface area contributed by atoms with Crippen molar-refractivity contribution in [1.29, 1.82) is 0 Å². The van der Waals surface area contributed by atoms with Crippen molar-refractivity contribution in [2.75, 3.05) is 13.4 Å². The van der Waals surface area contributed by atoms with Crippen LogP contribution in [0.25, 0.3) is 0 Å². The number of aromatic amines is 1. The molecule has 0 radical (unpaired) electrons. The molecule has 0 amide bonds. The molecule has 1 aromatic heterocycles. The monoisotopic (exact) mass is 186 g/mol. The van der Waals surface area contributed by atoms with E-state index < -0.39 is 0 Å². The van der Waals surface area contributed by atoms with Gasteiger partial charge in [0.05, 0.1) is 7.11 Å². The van der Waals surface area contributed by atoms with Crippen LogP contribution in [0.5, 0.6) is 0 Å². The van der Waals surface area contributed by atoms with Gasteiger partial charge in [0.15, 0.2) is 0 Å². The molecule has 5 heteroatoms. The molecule has 12 heavy (non-hydrogen) atoms. The molecule has 0 bridgehead atoms. The topological polar surface area (TPSA) is 55.0 Å². The average Bonchev–Trinajstić information content (AvgIpc) is 2.45. The second kappa shape index (κ2) is 3.62. The summed E-state index contributed by atoms with van der Waals surface area (Å²) in [5.41, 5.74) is 1.27. The summed E-state index contributed by atoms with van der Waals surface area (Å²) in [6.07, 6.45) is 1.86. The summed E-state index contributed by atoms with van der Waals surface area (Å²) in [6.45, 7) is 1.79. The zero-order chi connectivity index (χ0) is 9.14. The van der Waals surface area contributed by atoms with Crippen LogP contribution in [-0.2, 0) is 4.74 Å². The van der Waals surface area contributed by atoms with Crippen molar-refractivity contribution >= 4 is 17.7 Å². The van der Waals surface area contributed by atoms with Crippen LogP contribution in [0.2, 0.25) is 0 Å². The van der Waals surface area contributed by atoms with E-state index in [-0.39, 0.29) is 5.97 Å². The number of ether oxygens (including phenoxy) is 1. The van der Waals surface area contributed by atoms with Crippen molar-refractivity contribution in [2.45, 2.75) is 11.9 Å². The van der Waals surface area contributed by atoms with Crippen molar-refractivity contribution in [3.8, 4) is 0 Å². The van der Waals surface area contributed by atoms with E-state index in [1.807, 2.05) is 6.26 Å². The van der Waals surface area contributed by atoms with Gasteiger partial charge in [-0.1, -0.05) is 0 Å². The number of nitrogens with one attached hydrogen (secondary N) is 1. The van der Waals surface area contributed by atoms with E-state index in [2.05, 4.69) is 14.9 Å². The Hall–Kier alpha value is -0.970. The lowest BCUT2D eigenvalue weighted by Crippen LogP contribution is -2.02. The fraction of sp³-hybridized carbons (Fsp3) is 0.429. The van der Waals surface area contributed by atoms with E-state index in [4.69, 9.17) is 0 Å². The predicted molar refractivity (Wildman–Crippen MR) is 46.4 cm³/mol. The highest BCUT2D eigenvalue weighted by Crippen LogP contribution is 2.20. The molecule has 1 N–H and O–H groups in total. The van der Waals surface area contributed by atoms with E-state index in [9.17, 15) is 4.79 Å². The Morgan fingerprint density at radius 1 is 1.67 bits per heavy atom. The molecule has 0 saturated carbocycles. The third-order valence-electron chi connectivity index (χ3n) is 1.50. The van der Waals surface area contributed by atoms with Gasteiger partial charge in [-0.2, -0.15) is 5.10 Å². The Balaban J connectivity index is 3.10. The highest BCUT2D eigenvalue weighted by molar-refractivity contribution is 7.98. The molecule has 0 unspecified atom stereocenters. The second-order valence-electron chi connectivity index (χ2n) is 2.22. The van der Waals surface area contributed by atoms with Crippen LogP contribution in [0.3, 0.4) is 0 Å². The first-order valence-electron chi connectivity index (χ1n) is 3.38. The van der Waals surface area contributed by atoms with Crippen LogP contribution in [0.15, 0.2) is 5.03 Å². The summed E-state index contributed by atoms with van der Waals surface area (Å²) in [4.78, 5) is 11.2. The Labute approximate surface area is 74.7 Å². The van der Waals surface area contributed by atoms with Gasteiger partial charge in [0.1, 0.15) is 10.6 Å². The van der Waals surface area contributed by atoms with Crippen molar-refractivity contribution < 1.29 is 9.53 Å². The normalized spacial score (nSPS) is 9.92. The molecule has 0 aliphatic heterocycles. The number of esters is 1. The molecule has 0 saturated heterocycles. The smallest absolute Gasteiger partial charge is 0.342 e. The molecule has 1 rings (SSSR count). The van der Waals surface area contributed by atoms with Gasteiger partial charge in [-0.15, -0.1) is 11.8 Å². The van der Waals surface area contributed by atoms with Gasteiger partial charge in [-0.25, -0.2) is 4.79 Å². The number of aryl methyl sites for hydroxylation is 1. The first kappa shape index (κ1) is 9.12. The molecule has 0 aromatic carbocycles. The molecule has 66 valence electrons. The number of aromatic nitrogens is 2. The van der Waals surface area contributed by atoms with Gasteiger partial charge in [-0.05, 0) is 13.2 Å². The molecule has 0 aliphatic rings. The summed E-state index contributed by atoms with van der Waals surface area (Å²) < 4.78 is 4.61. The number of hydrogen-bond acceptors (Lipinski definition) is 4. The number of carbonyl (C=O) groups excluding carboxylic acids is 1. The standard InChI is InChI=1S/C7H10N2O2S/c1-4-5(7(10)11-2)6(12-3)9-8-4/h1-3H3,(H,8,9). The highest BCUT2D eigenvalue weighted by atomic mass is 32.2. The molecule has 1 aromatic rings. The van der Waals surface area contributed by atoms with Gasteiger partial charge in [0.2, 0.25) is 0 Å². The number of H-pyrrole nitrogens is 1. The van der Waals surface area contributed by atoms with Gasteiger partial charge in [-0.3, -0.25) is 5.10 Å². The largest absolute Gasteiger partial charge is 0.465 e. The fourth-order valence-electron chi connectivity index (χ4n) is 0.897. The summed E-state index contributed by atoms with van der Waals surface area (Å²) in [7, 11) is 1.36. The average molecular weight is 186 g/mol. The summed E-state index contributed by atoms with van der Waals surface area (Å²) in [5, 5.41) is 7.35. The maximum Gasteiger partial charge on any atom is 0.342 e. The molecular weight excluding hydrogens is 176 g/mol. The van der Waals surface area contributed by atoms with Crippen molar-refractivity contribution in [2.24, 2.45) is 0 Å². The van der Waals surface area contributed by atoms with Gasteiger partial charge >= 0.3 is 5.97 Å². The van der Waals surface area contributed by atoms with Gasteiger partial charge < -0.3 is 4.74 Å². The maximum absolute atomic E-state index is 11.2. The van der Waals surface area contributed by atoms with Crippen molar-refractivity contribution in [3.05, 3.63) is 11.3 Å². The van der Waals surface area contributed by atoms with Crippen LogP contribution in [-0.4, -0.2) is 29.5 Å². The first-order chi connectivity index (χ1) is 5.70. The maximum atomic E-state index is 11.2. The van der Waals surface area contributed by atoms with Crippen molar-refractivity contribution in [3.63, 3.8) is 0 Å². The van der Waals surface area contributed by atoms with E-state index in [0.717, 1.165) is 5.69 Å². The van der Waals surface area contributed by atoms with Gasteiger partial charge in [0.25, 0.3) is 0 Å². The lowest BCUT2D eigenvalue weighted by molar-refractivity contribution is 0.0596. The number of carbonyl (C=O) groups is 1. The Kier molecular flexibility index (Phi) is 2.75. The number of thioether (sulfide) groups is 1. The third kappa shape index (κ3) is 1.45. The third-order valence-corrected chi connectivity index (χ3v) is 2.18. The molecule has 0 aliphatic carbocycles. The van der Waals surface area contributed by atoms with E-state index >= 15 is 0 Å². The predicted octanol–water partition coefficient (Wildman–Crippen LogP) is 1.23. The van der Waals surface area contributed by atoms with Gasteiger partial charge in [0, 0.05) is 5.69 Å². The molecule has 0 atom stereocenters. The summed E-state index contributed by atoms with van der Waals surface area (Å²) in [5.74, 6) is -0.342. The Morgan fingerprint density at radius 3 is 2.83 bits per heavy atom.